The van der Waals surface area contributed by atoms with Crippen LogP contribution in [0.4, 0.5) is 5.69 Å². The van der Waals surface area contributed by atoms with Crippen LogP contribution < -0.4 is 5.32 Å². The third-order valence-electron chi connectivity index (χ3n) is 2.48. The maximum Gasteiger partial charge on any atom is 0.308 e. The molecule has 0 saturated carbocycles. The summed E-state index contributed by atoms with van der Waals surface area (Å²) in [6.07, 6.45) is -0.830. The number of benzene rings is 1. The number of anilines is 1. The molecule has 0 aliphatic heterocycles. The molecule has 1 unspecified atom stereocenters. The van der Waals surface area contributed by atoms with E-state index >= 15 is 0 Å². The quantitative estimate of drug-likeness (QED) is 0.774. The third kappa shape index (κ3) is 5.38. The van der Waals surface area contributed by atoms with E-state index in [1.54, 1.807) is 13.0 Å². The highest BCUT2D eigenvalue weighted by atomic mass is 79.9. The number of esters is 1. The zero-order valence-corrected chi connectivity index (χ0v) is 13.2. The fourth-order valence-corrected chi connectivity index (χ4v) is 2.26. The van der Waals surface area contributed by atoms with Crippen molar-refractivity contribution >= 4 is 39.2 Å². The standard InChI is InChI=1S/C13H17BrClNO3/c1-3-19-13(18)5-9(17)7-16-12-6-11(15)8(2)4-10(12)14/h4,6,9,16-17H,3,5,7H2,1-2H3. The first-order valence-corrected chi connectivity index (χ1v) is 7.14. The van der Waals surface area contributed by atoms with Crippen LogP contribution in [0.2, 0.25) is 5.02 Å². The number of nitrogens with one attached hydrogen (secondary N) is 1. The number of aliphatic hydroxyl groups excluding tert-OH is 1. The third-order valence-corrected chi connectivity index (χ3v) is 3.55. The van der Waals surface area contributed by atoms with Crippen LogP contribution in [0.25, 0.3) is 0 Å². The first-order chi connectivity index (χ1) is 8.93. The molecule has 0 saturated heterocycles. The maximum atomic E-state index is 11.2. The van der Waals surface area contributed by atoms with E-state index in [4.69, 9.17) is 16.3 Å². The predicted molar refractivity (Wildman–Crippen MR) is 79.6 cm³/mol. The van der Waals surface area contributed by atoms with Crippen LogP contribution in [0.3, 0.4) is 0 Å². The second-order valence-corrected chi connectivity index (χ2v) is 5.39. The van der Waals surface area contributed by atoms with Gasteiger partial charge in [-0.25, -0.2) is 0 Å². The Balaban J connectivity index is 2.52. The van der Waals surface area contributed by atoms with Crippen LogP contribution in [-0.4, -0.2) is 30.3 Å². The van der Waals surface area contributed by atoms with Crippen molar-refractivity contribution in [2.45, 2.75) is 26.4 Å². The molecule has 1 aromatic carbocycles. The number of carbonyl (C=O) groups excluding carboxylic acids is 1. The summed E-state index contributed by atoms with van der Waals surface area (Å²) in [4.78, 5) is 11.2. The van der Waals surface area contributed by atoms with Gasteiger partial charge in [-0.05, 0) is 47.5 Å². The second kappa shape index (κ2) is 7.72. The summed E-state index contributed by atoms with van der Waals surface area (Å²) < 4.78 is 5.63. The average Bonchev–Trinajstić information content (AvgIpc) is 2.32. The molecule has 0 heterocycles. The number of halogens is 2. The van der Waals surface area contributed by atoms with Crippen LogP contribution in [0.15, 0.2) is 16.6 Å². The number of aryl methyl sites for hydroxylation is 1. The van der Waals surface area contributed by atoms with Crippen LogP contribution in [0.5, 0.6) is 0 Å². The number of hydrogen-bond donors (Lipinski definition) is 2. The first kappa shape index (κ1) is 16.3. The SMILES string of the molecule is CCOC(=O)CC(O)CNc1cc(Cl)c(C)cc1Br. The molecule has 0 bridgehead atoms. The number of aliphatic hydroxyl groups is 1. The van der Waals surface area contributed by atoms with Crippen molar-refractivity contribution in [2.24, 2.45) is 0 Å². The van der Waals surface area contributed by atoms with Crippen molar-refractivity contribution < 1.29 is 14.6 Å². The highest BCUT2D eigenvalue weighted by molar-refractivity contribution is 9.10. The van der Waals surface area contributed by atoms with Gasteiger partial charge < -0.3 is 15.2 Å². The largest absolute Gasteiger partial charge is 0.466 e. The van der Waals surface area contributed by atoms with E-state index < -0.39 is 12.1 Å². The van der Waals surface area contributed by atoms with Gasteiger partial charge in [0.15, 0.2) is 0 Å². The van der Waals surface area contributed by atoms with Crippen LogP contribution >= 0.6 is 27.5 Å². The molecular formula is C13H17BrClNO3. The molecule has 106 valence electrons. The topological polar surface area (TPSA) is 58.6 Å². The molecule has 0 fully saturated rings. The van der Waals surface area contributed by atoms with Crippen molar-refractivity contribution in [1.82, 2.24) is 0 Å². The highest BCUT2D eigenvalue weighted by Gasteiger charge is 2.12. The Hall–Kier alpha value is -0.780. The van der Waals surface area contributed by atoms with Gasteiger partial charge in [-0.15, -0.1) is 0 Å². The van der Waals surface area contributed by atoms with Gasteiger partial charge in [0.2, 0.25) is 0 Å². The summed E-state index contributed by atoms with van der Waals surface area (Å²) in [6.45, 7) is 4.20. The maximum absolute atomic E-state index is 11.2. The number of ether oxygens (including phenoxy) is 1. The van der Waals surface area contributed by atoms with E-state index in [2.05, 4.69) is 21.2 Å². The molecule has 4 nitrogen and oxygen atoms in total. The van der Waals surface area contributed by atoms with Gasteiger partial charge in [0.25, 0.3) is 0 Å². The second-order valence-electron chi connectivity index (χ2n) is 4.13. The molecule has 0 aliphatic carbocycles. The van der Waals surface area contributed by atoms with E-state index in [1.165, 1.54) is 0 Å². The molecule has 0 spiro atoms. The Labute approximate surface area is 126 Å². The zero-order chi connectivity index (χ0) is 14.4. The van der Waals surface area contributed by atoms with E-state index in [1.807, 2.05) is 13.0 Å². The highest BCUT2D eigenvalue weighted by Crippen LogP contribution is 2.29. The molecule has 2 N–H and O–H groups in total. The fraction of sp³-hybridized carbons (Fsp3) is 0.462. The van der Waals surface area contributed by atoms with Gasteiger partial charge in [0, 0.05) is 16.0 Å². The van der Waals surface area contributed by atoms with Crippen LogP contribution in [0.1, 0.15) is 18.9 Å². The van der Waals surface area contributed by atoms with Crippen molar-refractivity contribution in [2.75, 3.05) is 18.5 Å². The van der Waals surface area contributed by atoms with Crippen molar-refractivity contribution in [3.05, 3.63) is 27.2 Å². The van der Waals surface area contributed by atoms with Gasteiger partial charge >= 0.3 is 5.97 Å². The Morgan fingerprint density at radius 3 is 2.89 bits per heavy atom. The van der Waals surface area contributed by atoms with E-state index in [0.717, 1.165) is 15.7 Å². The minimum atomic E-state index is -0.800. The van der Waals surface area contributed by atoms with Gasteiger partial charge in [0.1, 0.15) is 0 Å². The lowest BCUT2D eigenvalue weighted by Crippen LogP contribution is -2.24. The lowest BCUT2D eigenvalue weighted by molar-refractivity contribution is -0.145. The normalized spacial score (nSPS) is 12.1. The van der Waals surface area contributed by atoms with E-state index in [9.17, 15) is 9.90 Å². The zero-order valence-electron chi connectivity index (χ0n) is 10.9. The Bertz CT molecular complexity index is 454. The van der Waals surface area contributed by atoms with Gasteiger partial charge in [-0.3, -0.25) is 4.79 Å². The number of rotatable bonds is 6. The monoisotopic (exact) mass is 349 g/mol. The van der Waals surface area contributed by atoms with E-state index in [0.29, 0.717) is 11.6 Å². The summed E-state index contributed by atoms with van der Waals surface area (Å²) in [5, 5.41) is 13.4. The van der Waals surface area contributed by atoms with Crippen molar-refractivity contribution in [3.8, 4) is 0 Å². The molecule has 0 aliphatic rings. The van der Waals surface area contributed by atoms with Crippen LogP contribution in [-0.2, 0) is 9.53 Å². The molecule has 0 radical (unpaired) electrons. The van der Waals surface area contributed by atoms with Crippen LogP contribution in [0, 0.1) is 6.92 Å². The Morgan fingerprint density at radius 2 is 2.26 bits per heavy atom. The summed E-state index contributed by atoms with van der Waals surface area (Å²) in [5.74, 6) is -0.405. The molecule has 0 amide bonds. The summed E-state index contributed by atoms with van der Waals surface area (Å²) in [6, 6.07) is 3.67. The molecule has 1 aromatic rings. The van der Waals surface area contributed by atoms with Gasteiger partial charge in [-0.1, -0.05) is 11.6 Å². The van der Waals surface area contributed by atoms with Crippen molar-refractivity contribution in [3.63, 3.8) is 0 Å². The molecule has 1 atom stereocenters. The van der Waals surface area contributed by atoms with E-state index in [-0.39, 0.29) is 13.0 Å². The fourth-order valence-electron chi connectivity index (χ4n) is 1.49. The minimum Gasteiger partial charge on any atom is -0.466 e. The smallest absolute Gasteiger partial charge is 0.308 e. The molecule has 6 heteroatoms. The number of hydrogen-bond acceptors (Lipinski definition) is 4. The Kier molecular flexibility index (Phi) is 6.62. The summed E-state index contributed by atoms with van der Waals surface area (Å²) in [7, 11) is 0. The predicted octanol–water partition coefficient (Wildman–Crippen LogP) is 3.14. The minimum absolute atomic E-state index is 0.0297. The molecule has 1 rings (SSSR count). The van der Waals surface area contributed by atoms with Gasteiger partial charge in [0.05, 0.1) is 24.8 Å². The molecular weight excluding hydrogens is 334 g/mol. The first-order valence-electron chi connectivity index (χ1n) is 5.97. The van der Waals surface area contributed by atoms with Crippen molar-refractivity contribution in [1.29, 1.82) is 0 Å². The molecule has 0 aromatic heterocycles. The number of carbonyl (C=O) groups is 1. The molecule has 19 heavy (non-hydrogen) atoms. The Morgan fingerprint density at radius 1 is 1.58 bits per heavy atom. The summed E-state index contributed by atoms with van der Waals surface area (Å²) in [5.41, 5.74) is 1.74. The lowest BCUT2D eigenvalue weighted by atomic mass is 10.2. The van der Waals surface area contributed by atoms with Gasteiger partial charge in [-0.2, -0.15) is 0 Å². The summed E-state index contributed by atoms with van der Waals surface area (Å²) >= 11 is 9.44. The average molecular weight is 351 g/mol. The lowest BCUT2D eigenvalue weighted by Gasteiger charge is -2.14.